The first-order valence-corrected chi connectivity index (χ1v) is 3.75. The summed E-state index contributed by atoms with van der Waals surface area (Å²) in [4.78, 5) is 13.0. The maximum absolute atomic E-state index is 11.1. The maximum Gasteiger partial charge on any atom is 0.223 e. The highest BCUT2D eigenvalue weighted by Gasteiger charge is 2.40. The smallest absolute Gasteiger partial charge is 0.223 e. The third-order valence-electron chi connectivity index (χ3n) is 2.63. The molecule has 0 spiro atoms. The number of likely N-dealkylation sites (tertiary alicyclic amines) is 1. The quantitative estimate of drug-likeness (QED) is 0.489. The molecule has 2 aliphatic heterocycles. The summed E-state index contributed by atoms with van der Waals surface area (Å²) in [5.74, 6) is 0.911. The molecule has 1 amide bonds. The van der Waals surface area contributed by atoms with Crippen molar-refractivity contribution in [2.75, 3.05) is 20.1 Å². The average Bonchev–Trinajstić information content (AvgIpc) is 2.41. The summed E-state index contributed by atoms with van der Waals surface area (Å²) in [6.45, 7) is 2.02. The fourth-order valence-electron chi connectivity index (χ4n) is 1.93. The van der Waals surface area contributed by atoms with E-state index in [0.717, 1.165) is 19.5 Å². The highest BCUT2D eigenvalue weighted by Crippen LogP contribution is 2.26. The molecule has 2 heterocycles. The third-order valence-corrected chi connectivity index (χ3v) is 2.63. The van der Waals surface area contributed by atoms with Gasteiger partial charge >= 0.3 is 0 Å². The van der Waals surface area contributed by atoms with Gasteiger partial charge < -0.3 is 10.2 Å². The topological polar surface area (TPSA) is 32.3 Å². The molecule has 3 nitrogen and oxygen atoms in total. The molecule has 2 rings (SSSR count). The van der Waals surface area contributed by atoms with Crippen LogP contribution < -0.4 is 5.32 Å². The lowest BCUT2D eigenvalue weighted by Gasteiger charge is -2.16. The van der Waals surface area contributed by atoms with Crippen LogP contribution in [0.4, 0.5) is 0 Å². The molecule has 2 fully saturated rings. The van der Waals surface area contributed by atoms with Gasteiger partial charge in [0.05, 0.1) is 0 Å². The van der Waals surface area contributed by atoms with Gasteiger partial charge in [-0.15, -0.1) is 0 Å². The zero-order chi connectivity index (χ0) is 7.14. The number of carbonyl (C=O) groups is 1. The second-order valence-corrected chi connectivity index (χ2v) is 3.19. The molecule has 0 aromatic heterocycles. The minimum atomic E-state index is 0.316. The van der Waals surface area contributed by atoms with E-state index < -0.39 is 0 Å². The lowest BCUT2D eigenvalue weighted by atomic mass is 10.1. The van der Waals surface area contributed by atoms with Crippen molar-refractivity contribution in [2.45, 2.75) is 12.5 Å². The summed E-state index contributed by atoms with van der Waals surface area (Å²) >= 11 is 0. The predicted molar refractivity (Wildman–Crippen MR) is 37.5 cm³/mol. The number of likely N-dealkylation sites (N-methyl/N-ethyl adjacent to an activating group) is 1. The Bertz CT molecular complexity index is 169. The summed E-state index contributed by atoms with van der Waals surface area (Å²) in [7, 11) is 1.90. The Kier molecular flexibility index (Phi) is 1.20. The van der Waals surface area contributed by atoms with Gasteiger partial charge in [-0.3, -0.25) is 4.79 Å². The minimum absolute atomic E-state index is 0.316. The van der Waals surface area contributed by atoms with Crippen LogP contribution in [0.25, 0.3) is 0 Å². The highest BCUT2D eigenvalue weighted by molar-refractivity contribution is 5.79. The summed E-state index contributed by atoms with van der Waals surface area (Å²) in [6, 6.07) is 0.493. The van der Waals surface area contributed by atoms with Gasteiger partial charge in [0.2, 0.25) is 5.91 Å². The van der Waals surface area contributed by atoms with Gasteiger partial charge in [0.25, 0.3) is 0 Å². The van der Waals surface area contributed by atoms with E-state index >= 15 is 0 Å². The summed E-state index contributed by atoms with van der Waals surface area (Å²) < 4.78 is 0. The van der Waals surface area contributed by atoms with E-state index in [0.29, 0.717) is 17.9 Å². The Morgan fingerprint density at radius 1 is 1.60 bits per heavy atom. The van der Waals surface area contributed by atoms with Crippen LogP contribution in [-0.4, -0.2) is 37.0 Å². The summed E-state index contributed by atoms with van der Waals surface area (Å²) in [6.07, 6.45) is 0.758. The van der Waals surface area contributed by atoms with E-state index in [2.05, 4.69) is 5.32 Å². The van der Waals surface area contributed by atoms with Crippen molar-refractivity contribution in [3.8, 4) is 0 Å². The second-order valence-electron chi connectivity index (χ2n) is 3.19. The normalized spacial score (nSPS) is 38.9. The summed E-state index contributed by atoms with van der Waals surface area (Å²) in [5, 5.41) is 3.28. The molecule has 2 saturated heterocycles. The zero-order valence-corrected chi connectivity index (χ0v) is 6.13. The molecule has 0 saturated carbocycles. The second kappa shape index (κ2) is 1.95. The number of amides is 1. The van der Waals surface area contributed by atoms with Crippen molar-refractivity contribution >= 4 is 5.91 Å². The van der Waals surface area contributed by atoms with E-state index in [4.69, 9.17) is 0 Å². The van der Waals surface area contributed by atoms with Gasteiger partial charge in [-0.2, -0.15) is 0 Å². The molecule has 56 valence electrons. The lowest BCUT2D eigenvalue weighted by molar-refractivity contribution is -0.127. The first kappa shape index (κ1) is 6.16. The standard InChI is InChI=1S/C7H12N2O/c1-9-6-4-8-3-5(6)2-7(9)10/h5-6,8H,2-4H2,1H3/t5-,6+/m1/s1. The van der Waals surface area contributed by atoms with Crippen molar-refractivity contribution in [1.82, 2.24) is 10.2 Å². The Morgan fingerprint density at radius 2 is 2.40 bits per heavy atom. The van der Waals surface area contributed by atoms with Gasteiger partial charge in [-0.25, -0.2) is 0 Å². The molecule has 1 N–H and O–H groups in total. The van der Waals surface area contributed by atoms with Crippen molar-refractivity contribution in [3.05, 3.63) is 0 Å². The number of nitrogens with zero attached hydrogens (tertiary/aromatic N) is 1. The first-order valence-electron chi connectivity index (χ1n) is 3.75. The fourth-order valence-corrected chi connectivity index (χ4v) is 1.93. The Morgan fingerprint density at radius 3 is 3.10 bits per heavy atom. The highest BCUT2D eigenvalue weighted by atomic mass is 16.2. The van der Waals surface area contributed by atoms with E-state index in [-0.39, 0.29) is 0 Å². The van der Waals surface area contributed by atoms with Crippen LogP contribution in [-0.2, 0) is 4.79 Å². The number of rotatable bonds is 0. The predicted octanol–water partition coefficient (Wildman–Crippen LogP) is -0.563. The van der Waals surface area contributed by atoms with Crippen LogP contribution in [0.2, 0.25) is 0 Å². The van der Waals surface area contributed by atoms with E-state index in [1.807, 2.05) is 11.9 Å². The van der Waals surface area contributed by atoms with Crippen LogP contribution in [0, 0.1) is 5.92 Å². The monoisotopic (exact) mass is 140 g/mol. The van der Waals surface area contributed by atoms with Crippen molar-refractivity contribution in [2.24, 2.45) is 5.92 Å². The molecule has 0 aromatic carbocycles. The molecule has 0 aromatic rings. The van der Waals surface area contributed by atoms with Gasteiger partial charge in [-0.1, -0.05) is 0 Å². The number of hydrogen-bond acceptors (Lipinski definition) is 2. The van der Waals surface area contributed by atoms with Gasteiger partial charge in [0.15, 0.2) is 0 Å². The van der Waals surface area contributed by atoms with Crippen LogP contribution in [0.15, 0.2) is 0 Å². The Balaban J connectivity index is 2.16. The molecule has 0 aliphatic carbocycles. The average molecular weight is 140 g/mol. The van der Waals surface area contributed by atoms with E-state index in [1.54, 1.807) is 0 Å². The molecular weight excluding hydrogens is 128 g/mol. The lowest BCUT2D eigenvalue weighted by Crippen LogP contribution is -2.33. The third kappa shape index (κ3) is 0.669. The Labute approximate surface area is 60.4 Å². The maximum atomic E-state index is 11.1. The molecule has 0 radical (unpaired) electrons. The van der Waals surface area contributed by atoms with Crippen LogP contribution >= 0.6 is 0 Å². The number of fused-ring (bicyclic) bond motifs is 1. The minimum Gasteiger partial charge on any atom is -0.341 e. The number of nitrogens with one attached hydrogen (secondary N) is 1. The Hall–Kier alpha value is -0.570. The zero-order valence-electron chi connectivity index (χ0n) is 6.13. The van der Waals surface area contributed by atoms with Gasteiger partial charge in [-0.05, 0) is 0 Å². The van der Waals surface area contributed by atoms with Crippen molar-refractivity contribution < 1.29 is 4.79 Å². The fraction of sp³-hybridized carbons (Fsp3) is 0.857. The van der Waals surface area contributed by atoms with E-state index in [1.165, 1.54) is 0 Å². The summed E-state index contributed by atoms with van der Waals surface area (Å²) in [5.41, 5.74) is 0. The molecule has 10 heavy (non-hydrogen) atoms. The molecule has 2 atom stereocenters. The number of carbonyl (C=O) groups excluding carboxylic acids is 1. The molecular formula is C7H12N2O. The largest absolute Gasteiger partial charge is 0.341 e. The molecule has 0 bridgehead atoms. The van der Waals surface area contributed by atoms with Gasteiger partial charge in [0.1, 0.15) is 0 Å². The molecule has 3 heteroatoms. The van der Waals surface area contributed by atoms with Gasteiger partial charge in [0, 0.05) is 38.5 Å². The van der Waals surface area contributed by atoms with E-state index in [9.17, 15) is 4.79 Å². The first-order chi connectivity index (χ1) is 4.79. The molecule has 0 unspecified atom stereocenters. The van der Waals surface area contributed by atoms with Crippen molar-refractivity contribution in [3.63, 3.8) is 0 Å². The van der Waals surface area contributed by atoms with Crippen LogP contribution in [0.5, 0.6) is 0 Å². The number of hydrogen-bond donors (Lipinski definition) is 1. The van der Waals surface area contributed by atoms with Crippen LogP contribution in [0.1, 0.15) is 6.42 Å². The van der Waals surface area contributed by atoms with Crippen LogP contribution in [0.3, 0.4) is 0 Å². The van der Waals surface area contributed by atoms with Crippen molar-refractivity contribution in [1.29, 1.82) is 0 Å². The molecule has 2 aliphatic rings. The SMILES string of the molecule is CN1C(=O)C[C@@H]2CNC[C@@H]21.